The maximum atomic E-state index is 13.9. The molecule has 1 atom stereocenters. The van der Waals surface area contributed by atoms with Gasteiger partial charge in [0.2, 0.25) is 6.10 Å². The average Bonchev–Trinajstić information content (AvgIpc) is 3.29. The molecule has 150 valence electrons. The number of aryl methyl sites for hydroxylation is 1. The number of esters is 2. The zero-order chi connectivity index (χ0) is 20.4. The summed E-state index contributed by atoms with van der Waals surface area (Å²) >= 11 is 0. The topological polar surface area (TPSA) is 77.6 Å². The predicted molar refractivity (Wildman–Crippen MR) is 104 cm³/mol. The summed E-state index contributed by atoms with van der Waals surface area (Å²) in [5, 5.41) is 0.712. The van der Waals surface area contributed by atoms with Crippen LogP contribution in [0, 0.1) is 5.82 Å². The Balaban J connectivity index is 1.61. The van der Waals surface area contributed by atoms with Gasteiger partial charge in [0.05, 0.1) is 13.7 Å². The largest absolute Gasteiger partial charge is 0.497 e. The van der Waals surface area contributed by atoms with E-state index in [2.05, 4.69) is 4.98 Å². The van der Waals surface area contributed by atoms with E-state index in [9.17, 15) is 14.0 Å². The Bertz CT molecular complexity index is 1060. The molecule has 0 saturated carbocycles. The summed E-state index contributed by atoms with van der Waals surface area (Å²) in [6.07, 6.45) is -0.0501. The number of carbonyl (C=O) groups excluding carboxylic acids is 2. The van der Waals surface area contributed by atoms with Gasteiger partial charge < -0.3 is 19.2 Å². The summed E-state index contributed by atoms with van der Waals surface area (Å²) in [5.41, 5.74) is 3.29. The molecule has 1 aliphatic heterocycles. The van der Waals surface area contributed by atoms with Crippen molar-refractivity contribution in [2.24, 2.45) is 0 Å². The van der Waals surface area contributed by atoms with Gasteiger partial charge in [-0.2, -0.15) is 0 Å². The lowest BCUT2D eigenvalue weighted by Gasteiger charge is -2.09. The van der Waals surface area contributed by atoms with E-state index in [1.807, 2.05) is 24.3 Å². The van der Waals surface area contributed by atoms with Crippen LogP contribution in [-0.4, -0.2) is 36.7 Å². The van der Waals surface area contributed by atoms with E-state index < -0.39 is 18.0 Å². The van der Waals surface area contributed by atoms with Crippen LogP contribution in [0.5, 0.6) is 5.75 Å². The number of hydrogen-bond acceptors (Lipinski definition) is 5. The van der Waals surface area contributed by atoms with Gasteiger partial charge in [-0.15, -0.1) is 0 Å². The van der Waals surface area contributed by atoms with Crippen molar-refractivity contribution in [1.82, 2.24) is 4.98 Å². The smallest absolute Gasteiger partial charge is 0.347 e. The molecule has 2 aromatic carbocycles. The number of fused-ring (bicyclic) bond motifs is 1. The van der Waals surface area contributed by atoms with Crippen molar-refractivity contribution in [3.8, 4) is 17.0 Å². The lowest BCUT2D eigenvalue weighted by Crippen LogP contribution is -2.22. The Morgan fingerprint density at radius 1 is 1.24 bits per heavy atom. The molecule has 0 unspecified atom stereocenters. The number of benzene rings is 2. The zero-order valence-corrected chi connectivity index (χ0v) is 15.9. The van der Waals surface area contributed by atoms with Crippen LogP contribution in [0.3, 0.4) is 0 Å². The molecular formula is C22H20FNO5. The maximum Gasteiger partial charge on any atom is 0.347 e. The molecule has 7 heteroatoms. The van der Waals surface area contributed by atoms with E-state index in [0.717, 1.165) is 28.1 Å². The Kier molecular flexibility index (Phi) is 5.20. The lowest BCUT2D eigenvalue weighted by molar-refractivity contribution is -0.160. The molecule has 2 heterocycles. The van der Waals surface area contributed by atoms with E-state index in [4.69, 9.17) is 14.2 Å². The van der Waals surface area contributed by atoms with Gasteiger partial charge in [-0.1, -0.05) is 0 Å². The standard InChI is InChI=1S/C22H20FNO5/c1-27-15-5-2-13(3-6-15)21-16(17-12-14(23)4-8-18(17)24-21)7-9-20(25)29-19-10-11-28-22(19)26/h2-6,8,12,19,24H,7,9-11H2,1H3/t19-/m1/s1. The average molecular weight is 397 g/mol. The van der Waals surface area contributed by atoms with Crippen molar-refractivity contribution >= 4 is 22.8 Å². The van der Waals surface area contributed by atoms with E-state index in [-0.39, 0.29) is 18.8 Å². The van der Waals surface area contributed by atoms with E-state index in [1.54, 1.807) is 13.2 Å². The Labute approximate surface area is 166 Å². The molecule has 0 spiro atoms. The van der Waals surface area contributed by atoms with Crippen LogP contribution in [0.2, 0.25) is 0 Å². The Hall–Kier alpha value is -3.35. The van der Waals surface area contributed by atoms with Crippen LogP contribution in [0.1, 0.15) is 18.4 Å². The summed E-state index contributed by atoms with van der Waals surface area (Å²) in [7, 11) is 1.60. The van der Waals surface area contributed by atoms with Crippen molar-refractivity contribution in [2.75, 3.05) is 13.7 Å². The van der Waals surface area contributed by atoms with Crippen molar-refractivity contribution in [3.63, 3.8) is 0 Å². The summed E-state index contributed by atoms with van der Waals surface area (Å²) in [4.78, 5) is 27.0. The minimum absolute atomic E-state index is 0.0659. The lowest BCUT2D eigenvalue weighted by atomic mass is 10.0. The number of cyclic esters (lactones) is 1. The third-order valence-corrected chi connectivity index (χ3v) is 4.99. The molecule has 1 aliphatic rings. The fourth-order valence-electron chi connectivity index (χ4n) is 3.51. The van der Waals surface area contributed by atoms with Gasteiger partial charge in [0.25, 0.3) is 0 Å². The Morgan fingerprint density at radius 3 is 2.72 bits per heavy atom. The van der Waals surface area contributed by atoms with Crippen molar-refractivity contribution in [3.05, 3.63) is 53.8 Å². The highest BCUT2D eigenvalue weighted by atomic mass is 19.1. The number of rotatable bonds is 6. The van der Waals surface area contributed by atoms with Crippen LogP contribution in [0.15, 0.2) is 42.5 Å². The first-order valence-corrected chi connectivity index (χ1v) is 9.36. The highest BCUT2D eigenvalue weighted by Crippen LogP contribution is 2.33. The van der Waals surface area contributed by atoms with Crippen LogP contribution >= 0.6 is 0 Å². The molecule has 1 fully saturated rings. The van der Waals surface area contributed by atoms with Crippen LogP contribution in [0.4, 0.5) is 4.39 Å². The SMILES string of the molecule is COc1ccc(-c2[nH]c3ccc(F)cc3c2CCC(=O)O[C@@H]2CCOC2=O)cc1. The van der Waals surface area contributed by atoms with E-state index in [1.165, 1.54) is 12.1 Å². The second-order valence-corrected chi connectivity index (χ2v) is 6.83. The van der Waals surface area contributed by atoms with Crippen molar-refractivity contribution < 1.29 is 28.2 Å². The number of H-pyrrole nitrogens is 1. The Morgan fingerprint density at radius 2 is 2.03 bits per heavy atom. The first-order valence-electron chi connectivity index (χ1n) is 9.36. The molecule has 0 aliphatic carbocycles. The molecule has 29 heavy (non-hydrogen) atoms. The first kappa shape index (κ1) is 19.0. The fourth-order valence-corrected chi connectivity index (χ4v) is 3.51. The minimum atomic E-state index is -0.830. The van der Waals surface area contributed by atoms with E-state index in [0.29, 0.717) is 18.2 Å². The molecule has 4 rings (SSSR count). The predicted octanol–water partition coefficient (Wildman–Crippen LogP) is 3.77. The number of nitrogens with one attached hydrogen (secondary N) is 1. The molecule has 1 saturated heterocycles. The number of aromatic amines is 1. The van der Waals surface area contributed by atoms with Crippen LogP contribution in [-0.2, 0) is 25.5 Å². The summed E-state index contributed by atoms with van der Waals surface area (Å²) in [6.45, 7) is 0.264. The monoisotopic (exact) mass is 397 g/mol. The molecule has 3 aromatic rings. The van der Waals surface area contributed by atoms with Crippen LogP contribution in [0.25, 0.3) is 22.2 Å². The number of methoxy groups -OCH3 is 1. The number of ether oxygens (including phenoxy) is 3. The summed E-state index contributed by atoms with van der Waals surface area (Å²) < 4.78 is 29.1. The molecular weight excluding hydrogens is 377 g/mol. The molecule has 0 amide bonds. The van der Waals surface area contributed by atoms with Gasteiger partial charge in [0.1, 0.15) is 11.6 Å². The number of halogens is 1. The third kappa shape index (κ3) is 3.94. The van der Waals surface area contributed by atoms with Gasteiger partial charge in [-0.05, 0) is 60.0 Å². The van der Waals surface area contributed by atoms with Gasteiger partial charge in [-0.3, -0.25) is 4.79 Å². The zero-order valence-electron chi connectivity index (χ0n) is 15.9. The van der Waals surface area contributed by atoms with Gasteiger partial charge in [-0.25, -0.2) is 9.18 Å². The van der Waals surface area contributed by atoms with Gasteiger partial charge in [0.15, 0.2) is 0 Å². The number of carbonyl (C=O) groups is 2. The maximum absolute atomic E-state index is 13.9. The highest BCUT2D eigenvalue weighted by Gasteiger charge is 2.30. The first-order chi connectivity index (χ1) is 14.0. The number of aromatic nitrogens is 1. The fraction of sp³-hybridized carbons (Fsp3) is 0.273. The molecule has 0 radical (unpaired) electrons. The van der Waals surface area contributed by atoms with Crippen molar-refractivity contribution in [1.29, 1.82) is 0 Å². The van der Waals surface area contributed by atoms with Gasteiger partial charge >= 0.3 is 11.9 Å². The summed E-state index contributed by atoms with van der Waals surface area (Å²) in [5.74, 6) is -0.619. The van der Waals surface area contributed by atoms with E-state index >= 15 is 0 Å². The molecule has 0 bridgehead atoms. The summed E-state index contributed by atoms with van der Waals surface area (Å²) in [6, 6.07) is 12.0. The third-order valence-electron chi connectivity index (χ3n) is 4.99. The highest BCUT2D eigenvalue weighted by molar-refractivity contribution is 5.91. The van der Waals surface area contributed by atoms with Crippen LogP contribution < -0.4 is 4.74 Å². The van der Waals surface area contributed by atoms with Gasteiger partial charge in [0, 0.05) is 29.4 Å². The normalized spacial score (nSPS) is 16.1. The molecule has 1 N–H and O–H groups in total. The minimum Gasteiger partial charge on any atom is -0.497 e. The quantitative estimate of drug-likeness (QED) is 0.641. The molecule has 1 aromatic heterocycles. The second kappa shape index (κ2) is 7.95. The number of hydrogen-bond donors (Lipinski definition) is 1. The van der Waals surface area contributed by atoms with Crippen molar-refractivity contribution in [2.45, 2.75) is 25.4 Å². The molecule has 6 nitrogen and oxygen atoms in total. The second-order valence-electron chi connectivity index (χ2n) is 6.83.